The molecule has 0 aromatic rings. The zero-order valence-electron chi connectivity index (χ0n) is 8.15. The molecule has 2 rings (SSSR count). The van der Waals surface area contributed by atoms with Crippen molar-refractivity contribution in [2.24, 2.45) is 11.8 Å². The Labute approximate surface area is 83.4 Å². The third kappa shape index (κ3) is 2.59. The van der Waals surface area contributed by atoms with Crippen LogP contribution in [0.4, 0.5) is 0 Å². The first-order chi connectivity index (χ1) is 5.79. The van der Waals surface area contributed by atoms with Crippen molar-refractivity contribution in [1.29, 1.82) is 0 Å². The van der Waals surface area contributed by atoms with Crippen LogP contribution in [0, 0.1) is 11.8 Å². The van der Waals surface area contributed by atoms with Crippen LogP contribution in [0.25, 0.3) is 0 Å². The Morgan fingerprint density at radius 2 is 2.17 bits per heavy atom. The average molecular weight is 281 g/mol. The van der Waals surface area contributed by atoms with Crippen molar-refractivity contribution in [2.75, 3.05) is 9.36 Å². The predicted molar refractivity (Wildman–Crippen MR) is 62.9 cm³/mol. The van der Waals surface area contributed by atoms with Crippen LogP contribution >= 0.6 is 20.1 Å². The van der Waals surface area contributed by atoms with Crippen molar-refractivity contribution in [3.63, 3.8) is 0 Å². The Morgan fingerprint density at radius 1 is 1.42 bits per heavy atom. The molecule has 1 nitrogen and oxygen atoms in total. The summed E-state index contributed by atoms with van der Waals surface area (Å²) in [4.78, 5) is 2.45. The van der Waals surface area contributed by atoms with Crippen LogP contribution in [0.3, 0.4) is 0 Å². The molecular formula is C10H20IN. The summed E-state index contributed by atoms with van der Waals surface area (Å²) in [6.45, 7) is 2.33. The molecule has 0 aliphatic heterocycles. The Morgan fingerprint density at radius 3 is 2.75 bits per heavy atom. The molecule has 2 aliphatic rings. The van der Waals surface area contributed by atoms with E-state index >= 15 is 0 Å². The molecule has 2 atom stereocenters. The van der Waals surface area contributed by atoms with E-state index in [9.17, 15) is 0 Å². The molecule has 12 heavy (non-hydrogen) atoms. The van der Waals surface area contributed by atoms with Crippen molar-refractivity contribution in [1.82, 2.24) is 3.53 Å². The fraction of sp³-hybridized carbons (Fsp3) is 1.00. The maximum atomic E-state index is 3.84. The van der Waals surface area contributed by atoms with E-state index in [1.54, 1.807) is 6.42 Å². The van der Waals surface area contributed by atoms with Crippen molar-refractivity contribution in [2.45, 2.75) is 38.6 Å². The third-order valence-corrected chi connectivity index (χ3v) is 7.13. The molecule has 1 unspecified atom stereocenters. The second kappa shape index (κ2) is 3.82. The van der Waals surface area contributed by atoms with E-state index in [1.165, 1.54) is 23.7 Å². The van der Waals surface area contributed by atoms with Gasteiger partial charge in [0.2, 0.25) is 0 Å². The first-order valence-electron chi connectivity index (χ1n) is 5.11. The van der Waals surface area contributed by atoms with Gasteiger partial charge >= 0.3 is 83.5 Å². The number of alkyl halides is 2. The quantitative estimate of drug-likeness (QED) is 0.464. The molecule has 0 heterocycles. The van der Waals surface area contributed by atoms with Gasteiger partial charge in [0.15, 0.2) is 0 Å². The zero-order valence-corrected chi connectivity index (χ0v) is 10.3. The summed E-state index contributed by atoms with van der Waals surface area (Å²) < 4.78 is 5.27. The van der Waals surface area contributed by atoms with Gasteiger partial charge in [-0.2, -0.15) is 0 Å². The minimum atomic E-state index is -0.647. The SMILES string of the molecule is CCI(C)N[C@H]1CC1CC1CC1. The molecule has 0 saturated heterocycles. The van der Waals surface area contributed by atoms with Crippen LogP contribution in [0.5, 0.6) is 0 Å². The van der Waals surface area contributed by atoms with Gasteiger partial charge in [0.05, 0.1) is 0 Å². The zero-order chi connectivity index (χ0) is 8.55. The van der Waals surface area contributed by atoms with Crippen molar-refractivity contribution in [3.05, 3.63) is 0 Å². The van der Waals surface area contributed by atoms with Crippen LogP contribution in [-0.2, 0) is 0 Å². The molecule has 1 N–H and O–H groups in total. The molecule has 72 valence electrons. The van der Waals surface area contributed by atoms with Crippen LogP contribution in [0.1, 0.15) is 32.6 Å². The molecule has 0 aromatic carbocycles. The van der Waals surface area contributed by atoms with Crippen LogP contribution in [0.2, 0.25) is 0 Å². The van der Waals surface area contributed by atoms with Gasteiger partial charge in [-0.15, -0.1) is 0 Å². The average Bonchev–Trinajstić information content (AvgIpc) is 2.92. The van der Waals surface area contributed by atoms with Crippen molar-refractivity contribution >= 4 is 20.1 Å². The molecule has 0 bridgehead atoms. The summed E-state index contributed by atoms with van der Waals surface area (Å²) >= 11 is -0.647. The third-order valence-electron chi connectivity index (χ3n) is 2.98. The molecular weight excluding hydrogens is 261 g/mol. The van der Waals surface area contributed by atoms with E-state index < -0.39 is 20.1 Å². The topological polar surface area (TPSA) is 12.0 Å². The predicted octanol–water partition coefficient (Wildman–Crippen LogP) is 2.84. The molecule has 0 spiro atoms. The molecule has 0 radical (unpaired) electrons. The number of rotatable bonds is 5. The van der Waals surface area contributed by atoms with Gasteiger partial charge in [0.1, 0.15) is 0 Å². The summed E-state index contributed by atoms with van der Waals surface area (Å²) in [6, 6.07) is 0.959. The number of nitrogens with one attached hydrogen (secondary N) is 1. The first kappa shape index (κ1) is 9.25. The summed E-state index contributed by atoms with van der Waals surface area (Å²) in [5.41, 5.74) is 0. The maximum absolute atomic E-state index is 3.84. The van der Waals surface area contributed by atoms with Gasteiger partial charge in [0.25, 0.3) is 0 Å². The minimum absolute atomic E-state index is 0.647. The Balaban J connectivity index is 1.59. The Bertz CT molecular complexity index is 156. The van der Waals surface area contributed by atoms with Gasteiger partial charge < -0.3 is 0 Å². The fourth-order valence-electron chi connectivity index (χ4n) is 1.74. The summed E-state index contributed by atoms with van der Waals surface area (Å²) in [5.74, 6) is 2.23. The number of hydrogen-bond acceptors (Lipinski definition) is 1. The molecule has 2 heteroatoms. The molecule has 2 fully saturated rings. The van der Waals surface area contributed by atoms with E-state index in [0.717, 1.165) is 17.9 Å². The van der Waals surface area contributed by atoms with Crippen molar-refractivity contribution < 1.29 is 0 Å². The number of halogens is 1. The van der Waals surface area contributed by atoms with E-state index in [2.05, 4.69) is 15.4 Å². The second-order valence-electron chi connectivity index (χ2n) is 4.25. The van der Waals surface area contributed by atoms with E-state index in [-0.39, 0.29) is 0 Å². The fourth-order valence-corrected chi connectivity index (χ4v) is 4.31. The van der Waals surface area contributed by atoms with E-state index in [4.69, 9.17) is 0 Å². The summed E-state index contributed by atoms with van der Waals surface area (Å²) in [6.07, 6.45) is 6.11. The normalized spacial score (nSPS) is 35.0. The Hall–Kier alpha value is 0.690. The molecule has 0 aromatic heterocycles. The van der Waals surface area contributed by atoms with Gasteiger partial charge in [0, 0.05) is 0 Å². The van der Waals surface area contributed by atoms with Crippen molar-refractivity contribution in [3.8, 4) is 0 Å². The van der Waals surface area contributed by atoms with E-state index in [1.807, 2.05) is 0 Å². The molecule has 0 amide bonds. The standard InChI is InChI=1S/C10H20IN/c1-3-11(2)12-10-7-9(10)6-8-4-5-8/h8-10,12H,3-7H2,1-2H3/t9?,10-/m0/s1. The van der Waals surface area contributed by atoms with E-state index in [0.29, 0.717) is 0 Å². The molecule has 2 saturated carbocycles. The Kier molecular flexibility index (Phi) is 2.95. The summed E-state index contributed by atoms with van der Waals surface area (Å²) in [5, 5.41) is 0. The monoisotopic (exact) mass is 281 g/mol. The van der Waals surface area contributed by atoms with Gasteiger partial charge in [-0.25, -0.2) is 0 Å². The van der Waals surface area contributed by atoms with Gasteiger partial charge in [-0.05, 0) is 0 Å². The van der Waals surface area contributed by atoms with Gasteiger partial charge in [-0.1, -0.05) is 0 Å². The van der Waals surface area contributed by atoms with Crippen LogP contribution in [-0.4, -0.2) is 15.4 Å². The van der Waals surface area contributed by atoms with Crippen LogP contribution in [0.15, 0.2) is 0 Å². The van der Waals surface area contributed by atoms with Crippen LogP contribution < -0.4 is 3.53 Å². The number of hydrogen-bond donors (Lipinski definition) is 1. The second-order valence-corrected chi connectivity index (χ2v) is 9.76. The molecule has 2 aliphatic carbocycles. The first-order valence-corrected chi connectivity index (χ1v) is 9.87. The van der Waals surface area contributed by atoms with Gasteiger partial charge in [-0.3, -0.25) is 0 Å². The summed E-state index contributed by atoms with van der Waals surface area (Å²) in [7, 11) is 0.